The van der Waals surface area contributed by atoms with E-state index < -0.39 is 5.41 Å². The Hall–Kier alpha value is -7.42. The van der Waals surface area contributed by atoms with Crippen molar-refractivity contribution in [3.63, 3.8) is 0 Å². The molecule has 1 spiro atoms. The lowest BCUT2D eigenvalue weighted by molar-refractivity contribution is 0.660. The molecule has 9 aromatic carbocycles. The van der Waals surface area contributed by atoms with Gasteiger partial charge in [-0.15, -0.1) is 0 Å². The molecule has 0 radical (unpaired) electrons. The molecule has 0 saturated carbocycles. The van der Waals surface area contributed by atoms with Gasteiger partial charge in [0, 0.05) is 27.9 Å². The zero-order valence-electron chi connectivity index (χ0n) is 33.7. The highest BCUT2D eigenvalue weighted by Gasteiger charge is 2.52. The van der Waals surface area contributed by atoms with Crippen molar-refractivity contribution in [1.29, 1.82) is 0 Å². The second-order valence-corrected chi connectivity index (χ2v) is 16.8. The summed E-state index contributed by atoms with van der Waals surface area (Å²) in [6.07, 6.45) is 0. The van der Waals surface area contributed by atoms with Crippen LogP contribution in [0, 0.1) is 0 Å². The van der Waals surface area contributed by atoms with Gasteiger partial charge in [0.1, 0.15) is 0 Å². The van der Waals surface area contributed by atoms with E-state index in [9.17, 15) is 0 Å². The molecular weight excluding hydrogens is 725 g/mol. The molecule has 284 valence electrons. The van der Waals surface area contributed by atoms with Crippen molar-refractivity contribution in [1.82, 2.24) is 0 Å². The average molecular weight is 767 g/mol. The van der Waals surface area contributed by atoms with Crippen molar-refractivity contribution < 1.29 is 0 Å². The molecule has 3 aliphatic rings. The fourth-order valence-corrected chi connectivity index (χ4v) is 10.9. The fraction of sp³-hybridized carbons (Fsp3) is 0.0690. The minimum atomic E-state index is -0.563. The maximum absolute atomic E-state index is 2.55. The van der Waals surface area contributed by atoms with Crippen LogP contribution < -0.4 is 9.80 Å². The summed E-state index contributed by atoms with van der Waals surface area (Å²) in [5, 5.41) is 0. The smallest absolute Gasteiger partial charge is 0.0755 e. The number of nitrogens with zero attached hydrogens (tertiary/aromatic N) is 2. The van der Waals surface area contributed by atoms with Gasteiger partial charge in [0.25, 0.3) is 0 Å². The molecule has 0 atom stereocenters. The number of benzene rings is 9. The first-order valence-corrected chi connectivity index (χ1v) is 21.0. The fourth-order valence-electron chi connectivity index (χ4n) is 10.9. The molecule has 0 unspecified atom stereocenters. The summed E-state index contributed by atoms with van der Waals surface area (Å²) in [6, 6.07) is 81.0. The first-order valence-electron chi connectivity index (χ1n) is 21.0. The average Bonchev–Trinajstić information content (AvgIpc) is 3.73. The largest absolute Gasteiger partial charge is 0.310 e. The van der Waals surface area contributed by atoms with E-state index in [1.807, 2.05) is 0 Å². The van der Waals surface area contributed by atoms with Gasteiger partial charge < -0.3 is 9.80 Å². The van der Waals surface area contributed by atoms with Gasteiger partial charge in [-0.25, -0.2) is 0 Å². The summed E-state index contributed by atoms with van der Waals surface area (Å²) < 4.78 is 0. The van der Waals surface area contributed by atoms with Crippen LogP contribution in [0.25, 0.3) is 33.4 Å². The van der Waals surface area contributed by atoms with Crippen molar-refractivity contribution in [2.45, 2.75) is 24.7 Å². The lowest BCUT2D eigenvalue weighted by Gasteiger charge is -2.45. The Morgan fingerprint density at radius 2 is 0.883 bits per heavy atom. The summed E-state index contributed by atoms with van der Waals surface area (Å²) in [5.41, 5.74) is 21.7. The van der Waals surface area contributed by atoms with E-state index in [1.54, 1.807) is 0 Å². The molecule has 1 heterocycles. The summed E-state index contributed by atoms with van der Waals surface area (Å²) in [4.78, 5) is 5.00. The highest BCUT2D eigenvalue weighted by molar-refractivity contribution is 6.02. The number of hydrogen-bond acceptors (Lipinski definition) is 2. The van der Waals surface area contributed by atoms with Crippen LogP contribution >= 0.6 is 0 Å². The number of fused-ring (bicyclic) bond motifs is 12. The predicted molar refractivity (Wildman–Crippen MR) is 250 cm³/mol. The Bertz CT molecular complexity index is 3090. The van der Waals surface area contributed by atoms with Gasteiger partial charge in [0.05, 0.1) is 28.2 Å². The van der Waals surface area contributed by atoms with Crippen molar-refractivity contribution >= 4 is 34.1 Å². The number of hydrogen-bond donors (Lipinski definition) is 0. The Kier molecular flexibility index (Phi) is 7.52. The first kappa shape index (κ1) is 34.6. The number of para-hydroxylation sites is 4. The summed E-state index contributed by atoms with van der Waals surface area (Å²) >= 11 is 0. The molecule has 12 rings (SSSR count). The minimum absolute atomic E-state index is 0.151. The molecule has 60 heavy (non-hydrogen) atoms. The molecule has 2 heteroatoms. The molecule has 0 amide bonds. The van der Waals surface area contributed by atoms with Crippen LogP contribution in [0.3, 0.4) is 0 Å². The maximum atomic E-state index is 2.55. The standard InChI is InChI=1S/C58H42N2/c1-57(2)46-27-12-9-25-43(46)44-37-36-41(38-51(44)57)60(52-32-16-11-24-42(52)39-20-5-3-6-21-39)55-35-19-31-50-56(55)45-26-10-13-28-47(45)58(50)48-29-14-17-33-53(48)59(40-22-7-4-8-23-40)54-34-18-15-30-49(54)58/h3-38H,1-2H3. The van der Waals surface area contributed by atoms with Crippen LogP contribution in [0.1, 0.15) is 47.2 Å². The third kappa shape index (κ3) is 4.70. The number of anilines is 6. The zero-order valence-corrected chi connectivity index (χ0v) is 33.7. The quantitative estimate of drug-likeness (QED) is 0.172. The van der Waals surface area contributed by atoms with Crippen LogP contribution in [0.2, 0.25) is 0 Å². The monoisotopic (exact) mass is 766 g/mol. The molecule has 9 aromatic rings. The number of rotatable bonds is 5. The maximum Gasteiger partial charge on any atom is 0.0755 e. The van der Waals surface area contributed by atoms with Crippen LogP contribution in [0.15, 0.2) is 218 Å². The topological polar surface area (TPSA) is 6.48 Å². The van der Waals surface area contributed by atoms with Crippen LogP contribution in [0.5, 0.6) is 0 Å². The normalized spacial score (nSPS) is 14.4. The van der Waals surface area contributed by atoms with E-state index in [1.165, 1.54) is 78.1 Å². The van der Waals surface area contributed by atoms with Gasteiger partial charge in [0.2, 0.25) is 0 Å². The van der Waals surface area contributed by atoms with Gasteiger partial charge in [-0.2, -0.15) is 0 Å². The Labute approximate surface area is 352 Å². The Balaban J connectivity index is 1.17. The zero-order chi connectivity index (χ0) is 40.0. The lowest BCUT2D eigenvalue weighted by Crippen LogP contribution is -2.36. The van der Waals surface area contributed by atoms with Crippen molar-refractivity contribution in [3.8, 4) is 33.4 Å². The molecule has 0 aromatic heterocycles. The molecule has 0 saturated heterocycles. The summed E-state index contributed by atoms with van der Waals surface area (Å²) in [7, 11) is 0. The minimum Gasteiger partial charge on any atom is -0.310 e. The Morgan fingerprint density at radius 3 is 1.60 bits per heavy atom. The van der Waals surface area contributed by atoms with Gasteiger partial charge in [0.15, 0.2) is 0 Å². The third-order valence-corrected chi connectivity index (χ3v) is 13.5. The van der Waals surface area contributed by atoms with Gasteiger partial charge >= 0.3 is 0 Å². The molecule has 2 aliphatic carbocycles. The van der Waals surface area contributed by atoms with E-state index in [2.05, 4.69) is 242 Å². The Morgan fingerprint density at radius 1 is 0.367 bits per heavy atom. The SMILES string of the molecule is CC1(C)c2ccccc2-c2ccc(N(c3ccccc3-c3ccccc3)c3cccc4c3-c3ccccc3C43c4ccccc4N(c4ccccc4)c4ccccc43)cc21. The lowest BCUT2D eigenvalue weighted by atomic mass is 9.64. The van der Waals surface area contributed by atoms with Gasteiger partial charge in [-0.05, 0) is 104 Å². The van der Waals surface area contributed by atoms with Crippen molar-refractivity contribution in [2.24, 2.45) is 0 Å². The summed E-state index contributed by atoms with van der Waals surface area (Å²) in [6.45, 7) is 4.75. The van der Waals surface area contributed by atoms with Crippen molar-refractivity contribution in [2.75, 3.05) is 9.80 Å². The molecule has 0 fully saturated rings. The highest BCUT2D eigenvalue weighted by atomic mass is 15.2. The highest BCUT2D eigenvalue weighted by Crippen LogP contribution is 2.65. The molecular formula is C58H42N2. The van der Waals surface area contributed by atoms with Crippen LogP contribution in [-0.2, 0) is 10.8 Å². The van der Waals surface area contributed by atoms with E-state index >= 15 is 0 Å². The van der Waals surface area contributed by atoms with E-state index in [-0.39, 0.29) is 5.41 Å². The third-order valence-electron chi connectivity index (χ3n) is 13.5. The summed E-state index contributed by atoms with van der Waals surface area (Å²) in [5.74, 6) is 0. The second kappa shape index (κ2) is 13.0. The first-order chi connectivity index (χ1) is 29.6. The van der Waals surface area contributed by atoms with E-state index in [0.29, 0.717) is 0 Å². The van der Waals surface area contributed by atoms with Crippen LogP contribution in [0.4, 0.5) is 34.1 Å². The predicted octanol–water partition coefficient (Wildman–Crippen LogP) is 15.3. The molecule has 1 aliphatic heterocycles. The van der Waals surface area contributed by atoms with Gasteiger partial charge in [-0.1, -0.05) is 184 Å². The van der Waals surface area contributed by atoms with E-state index in [4.69, 9.17) is 0 Å². The van der Waals surface area contributed by atoms with E-state index in [0.717, 1.165) is 22.7 Å². The molecule has 0 N–H and O–H groups in total. The second-order valence-electron chi connectivity index (χ2n) is 16.8. The molecule has 0 bridgehead atoms. The van der Waals surface area contributed by atoms with Crippen molar-refractivity contribution in [3.05, 3.63) is 252 Å². The van der Waals surface area contributed by atoms with Crippen LogP contribution in [-0.4, -0.2) is 0 Å². The van der Waals surface area contributed by atoms with Gasteiger partial charge in [-0.3, -0.25) is 0 Å². The molecule has 2 nitrogen and oxygen atoms in total.